The number of carbonyl (C=O) groups excluding carboxylic acids is 1. The number of ketones is 1. The molecule has 0 amide bonds. The molecule has 118 valence electrons. The molecule has 0 saturated carbocycles. The average Bonchev–Trinajstić information content (AvgIpc) is 3.06. The van der Waals surface area contributed by atoms with Crippen molar-refractivity contribution >= 4 is 17.1 Å². The number of fused-ring (bicyclic) bond motifs is 1. The lowest BCUT2D eigenvalue weighted by molar-refractivity contribution is 0.102. The Morgan fingerprint density at radius 2 is 2.32 bits per heavy atom. The molecule has 0 saturated heterocycles. The van der Waals surface area contributed by atoms with Crippen molar-refractivity contribution < 1.29 is 9.90 Å². The molecule has 6 nitrogen and oxygen atoms in total. The summed E-state index contributed by atoms with van der Waals surface area (Å²) in [6, 6.07) is 1.95. The predicted molar refractivity (Wildman–Crippen MR) is 84.3 cm³/mol. The van der Waals surface area contributed by atoms with Gasteiger partial charge in [0.15, 0.2) is 5.78 Å². The van der Waals surface area contributed by atoms with Crippen molar-refractivity contribution in [3.05, 3.63) is 43.5 Å². The largest absolute Gasteiger partial charge is 0.394 e. The van der Waals surface area contributed by atoms with Crippen LogP contribution in [0.3, 0.4) is 0 Å². The van der Waals surface area contributed by atoms with Gasteiger partial charge >= 0.3 is 0 Å². The summed E-state index contributed by atoms with van der Waals surface area (Å²) in [6.45, 7) is 4.12. The molecule has 2 aromatic heterocycles. The summed E-state index contributed by atoms with van der Waals surface area (Å²) in [5.74, 6) is 0.0996. The van der Waals surface area contributed by atoms with Gasteiger partial charge in [-0.1, -0.05) is 0 Å². The second-order valence-corrected chi connectivity index (χ2v) is 6.50. The van der Waals surface area contributed by atoms with E-state index in [1.807, 2.05) is 11.4 Å². The molecule has 0 atom stereocenters. The molecule has 0 bridgehead atoms. The molecule has 2 aromatic rings. The number of hydrogen-bond donors (Lipinski definition) is 2. The van der Waals surface area contributed by atoms with E-state index >= 15 is 0 Å². The molecule has 1 aliphatic heterocycles. The standard InChI is InChI=1S/C15H19N3O3S/c1-10(20)14-6-11(9-22-14)7-17-3-2-12-13(8-17)16-18(4-5-19)15(12)21/h6,9,16,19H,2-5,7-8H2,1H3. The molecule has 0 radical (unpaired) electrons. The van der Waals surface area contributed by atoms with Crippen molar-refractivity contribution in [2.45, 2.75) is 33.0 Å². The van der Waals surface area contributed by atoms with Crippen molar-refractivity contribution in [3.63, 3.8) is 0 Å². The summed E-state index contributed by atoms with van der Waals surface area (Å²) in [5.41, 5.74) is 2.89. The van der Waals surface area contributed by atoms with E-state index in [2.05, 4.69) is 10.00 Å². The normalized spacial score (nSPS) is 15.0. The van der Waals surface area contributed by atoms with Crippen LogP contribution < -0.4 is 5.56 Å². The van der Waals surface area contributed by atoms with Gasteiger partial charge < -0.3 is 5.11 Å². The van der Waals surface area contributed by atoms with Crippen LogP contribution in [0.2, 0.25) is 0 Å². The quantitative estimate of drug-likeness (QED) is 0.805. The number of thiophene rings is 1. The molecule has 0 aliphatic carbocycles. The Hall–Kier alpha value is -1.70. The van der Waals surface area contributed by atoms with Gasteiger partial charge in [0.25, 0.3) is 5.56 Å². The molecular weight excluding hydrogens is 302 g/mol. The average molecular weight is 321 g/mol. The van der Waals surface area contributed by atoms with Crippen molar-refractivity contribution in [1.82, 2.24) is 14.7 Å². The number of Topliss-reactive ketones (excluding diaryl/α,β-unsaturated/α-hetero) is 1. The molecule has 3 rings (SSSR count). The topological polar surface area (TPSA) is 78.3 Å². The van der Waals surface area contributed by atoms with Gasteiger partial charge in [-0.25, -0.2) is 0 Å². The summed E-state index contributed by atoms with van der Waals surface area (Å²) >= 11 is 1.48. The first-order valence-electron chi connectivity index (χ1n) is 7.30. The number of aromatic nitrogens is 2. The van der Waals surface area contributed by atoms with Crippen LogP contribution >= 0.6 is 11.3 Å². The molecule has 1 aliphatic rings. The number of rotatable bonds is 5. The lowest BCUT2D eigenvalue weighted by Crippen LogP contribution is -2.31. The molecule has 22 heavy (non-hydrogen) atoms. The maximum absolute atomic E-state index is 12.1. The van der Waals surface area contributed by atoms with E-state index in [-0.39, 0.29) is 17.9 Å². The predicted octanol–water partition coefficient (Wildman–Crippen LogP) is 0.991. The smallest absolute Gasteiger partial charge is 0.270 e. The zero-order valence-electron chi connectivity index (χ0n) is 12.5. The summed E-state index contributed by atoms with van der Waals surface area (Å²) in [6.07, 6.45) is 0.715. The van der Waals surface area contributed by atoms with Gasteiger partial charge in [0.2, 0.25) is 0 Å². The molecule has 0 aromatic carbocycles. The number of aliphatic hydroxyl groups is 1. The van der Waals surface area contributed by atoms with Crippen molar-refractivity contribution in [2.24, 2.45) is 0 Å². The van der Waals surface area contributed by atoms with E-state index in [9.17, 15) is 9.59 Å². The molecule has 0 spiro atoms. The van der Waals surface area contributed by atoms with Crippen LogP contribution in [0.5, 0.6) is 0 Å². The van der Waals surface area contributed by atoms with Crippen molar-refractivity contribution in [2.75, 3.05) is 13.2 Å². The summed E-state index contributed by atoms with van der Waals surface area (Å²) in [4.78, 5) is 26.5. The lowest BCUT2D eigenvalue weighted by atomic mass is 10.1. The molecular formula is C15H19N3O3S. The minimum Gasteiger partial charge on any atom is -0.394 e. The number of nitrogens with zero attached hydrogens (tertiary/aromatic N) is 2. The van der Waals surface area contributed by atoms with Gasteiger partial charge in [0.1, 0.15) is 0 Å². The van der Waals surface area contributed by atoms with Gasteiger partial charge in [0.05, 0.1) is 23.7 Å². The Morgan fingerprint density at radius 1 is 1.50 bits per heavy atom. The first kappa shape index (κ1) is 15.2. The zero-order chi connectivity index (χ0) is 15.7. The molecule has 0 fully saturated rings. The molecule has 2 N–H and O–H groups in total. The molecule has 7 heteroatoms. The summed E-state index contributed by atoms with van der Waals surface area (Å²) in [7, 11) is 0. The molecule has 3 heterocycles. The van der Waals surface area contributed by atoms with Crippen LogP contribution in [0.1, 0.15) is 33.4 Å². The Bertz CT molecular complexity index is 744. The van der Waals surface area contributed by atoms with Gasteiger partial charge in [-0.05, 0) is 30.4 Å². The summed E-state index contributed by atoms with van der Waals surface area (Å²) in [5, 5.41) is 14.1. The fourth-order valence-corrected chi connectivity index (χ4v) is 3.63. The van der Waals surface area contributed by atoms with Crippen LogP contribution in [0.25, 0.3) is 0 Å². The van der Waals surface area contributed by atoms with Crippen LogP contribution in [0.4, 0.5) is 0 Å². The SMILES string of the molecule is CC(=O)c1cc(CN2CCc3c([nH]n(CCO)c3=O)C2)cs1. The number of hydrogen-bond acceptors (Lipinski definition) is 5. The first-order chi connectivity index (χ1) is 10.6. The van der Waals surface area contributed by atoms with Crippen molar-refractivity contribution in [3.8, 4) is 0 Å². The van der Waals surface area contributed by atoms with Crippen LogP contribution in [-0.2, 0) is 26.1 Å². The number of H-pyrrole nitrogens is 1. The fraction of sp³-hybridized carbons (Fsp3) is 0.467. The number of aliphatic hydroxyl groups excluding tert-OH is 1. The third-order valence-corrected chi connectivity index (χ3v) is 5.01. The van der Waals surface area contributed by atoms with E-state index in [0.717, 1.165) is 34.8 Å². The van der Waals surface area contributed by atoms with E-state index in [1.165, 1.54) is 16.0 Å². The highest BCUT2D eigenvalue weighted by Gasteiger charge is 2.22. The highest BCUT2D eigenvalue weighted by molar-refractivity contribution is 7.12. The summed E-state index contributed by atoms with van der Waals surface area (Å²) < 4.78 is 1.48. The van der Waals surface area contributed by atoms with Crippen LogP contribution in [0, 0.1) is 0 Å². The Morgan fingerprint density at radius 3 is 3.00 bits per heavy atom. The maximum atomic E-state index is 12.1. The van der Waals surface area contributed by atoms with E-state index < -0.39 is 0 Å². The lowest BCUT2D eigenvalue weighted by Gasteiger charge is -2.25. The van der Waals surface area contributed by atoms with Crippen LogP contribution in [-0.4, -0.2) is 38.7 Å². The number of carbonyl (C=O) groups is 1. The highest BCUT2D eigenvalue weighted by Crippen LogP contribution is 2.20. The van der Waals surface area contributed by atoms with Crippen molar-refractivity contribution in [1.29, 1.82) is 0 Å². The highest BCUT2D eigenvalue weighted by atomic mass is 32.1. The Kier molecular flexibility index (Phi) is 4.28. The van der Waals surface area contributed by atoms with Gasteiger partial charge in [0, 0.05) is 25.2 Å². The molecule has 0 unspecified atom stereocenters. The maximum Gasteiger partial charge on any atom is 0.270 e. The van der Waals surface area contributed by atoms with Crippen LogP contribution in [0.15, 0.2) is 16.2 Å². The van der Waals surface area contributed by atoms with E-state index in [1.54, 1.807) is 6.92 Å². The zero-order valence-corrected chi connectivity index (χ0v) is 13.3. The number of nitrogens with one attached hydrogen (secondary N) is 1. The van der Waals surface area contributed by atoms with Gasteiger partial charge in [-0.2, -0.15) is 0 Å². The first-order valence-corrected chi connectivity index (χ1v) is 8.18. The third kappa shape index (κ3) is 2.92. The second kappa shape index (κ2) is 6.20. The minimum atomic E-state index is -0.0499. The second-order valence-electron chi connectivity index (χ2n) is 5.59. The van der Waals surface area contributed by atoms with Gasteiger partial charge in [-0.15, -0.1) is 11.3 Å². The monoisotopic (exact) mass is 321 g/mol. The van der Waals surface area contributed by atoms with E-state index in [0.29, 0.717) is 19.5 Å². The Balaban J connectivity index is 1.72. The minimum absolute atomic E-state index is 0.0156. The Labute approximate surface area is 132 Å². The fourth-order valence-electron chi connectivity index (χ4n) is 2.83. The van der Waals surface area contributed by atoms with Gasteiger partial charge in [-0.3, -0.25) is 24.3 Å². The third-order valence-electron chi connectivity index (χ3n) is 3.93. The number of aromatic amines is 1. The van der Waals surface area contributed by atoms with E-state index in [4.69, 9.17) is 5.11 Å².